The van der Waals surface area contributed by atoms with E-state index in [0.717, 1.165) is 0 Å². The van der Waals surface area contributed by atoms with Gasteiger partial charge in [0.15, 0.2) is 0 Å². The molecule has 1 aromatic carbocycles. The van der Waals surface area contributed by atoms with Crippen LogP contribution in [-0.2, 0) is 17.1 Å². The Morgan fingerprint density at radius 1 is 0.583 bits per heavy atom. The van der Waals surface area contributed by atoms with Crippen molar-refractivity contribution in [3.05, 3.63) is 35.9 Å². The van der Waals surface area contributed by atoms with Gasteiger partial charge in [0.2, 0.25) is 0 Å². The summed E-state index contributed by atoms with van der Waals surface area (Å²) in [7, 11) is 0. The summed E-state index contributed by atoms with van der Waals surface area (Å²) in [5.74, 6) is 0.659. The van der Waals surface area contributed by atoms with Crippen molar-refractivity contribution < 1.29 is 50.8 Å². The van der Waals surface area contributed by atoms with E-state index in [-0.39, 0.29) is 17.1 Å². The van der Waals surface area contributed by atoms with Crippen molar-refractivity contribution in [1.29, 1.82) is 0 Å². The average Bonchev–Trinajstić information content (AvgIpc) is 2.08. The molecule has 0 spiro atoms. The van der Waals surface area contributed by atoms with Crippen molar-refractivity contribution in [1.82, 2.24) is 0 Å². The Balaban J connectivity index is -0.000000274. The van der Waals surface area contributed by atoms with Gasteiger partial charge >= 0.3 is 89.8 Å². The predicted molar refractivity (Wildman–Crippen MR) is 65.3 cm³/mol. The molecule has 0 fully saturated rings. The normalized spacial score (nSPS) is 17.3. The zero-order chi connectivity index (χ0) is 19.5. The molecule has 0 unspecified atom stereocenters. The maximum atomic E-state index is 9.93. The summed E-state index contributed by atoms with van der Waals surface area (Å²) in [5.41, 5.74) is 1.41. The van der Waals surface area contributed by atoms with E-state index >= 15 is 0 Å². The molecule has 0 aromatic heterocycles. The summed E-state index contributed by atoms with van der Waals surface area (Å²) in [6.45, 7) is 4.41. The van der Waals surface area contributed by atoms with Crippen LogP contribution in [-0.4, -0.2) is 39.0 Å². The fourth-order valence-corrected chi connectivity index (χ4v) is 0.838. The zero-order valence-electron chi connectivity index (χ0n) is 11.7. The van der Waals surface area contributed by atoms with Crippen molar-refractivity contribution in [3.8, 4) is 0 Å². The molecular formula is C9H12F12FeSb2. The Kier molecular flexibility index (Phi) is 8.46. The third kappa shape index (κ3) is 66.5. The van der Waals surface area contributed by atoms with Crippen molar-refractivity contribution in [2.75, 3.05) is 0 Å². The monoisotopic (exact) mass is 646 g/mol. The molecule has 15 heteroatoms. The van der Waals surface area contributed by atoms with Gasteiger partial charge < -0.3 is 0 Å². The van der Waals surface area contributed by atoms with Crippen molar-refractivity contribution in [2.24, 2.45) is 0 Å². The molecule has 0 aliphatic rings. The Morgan fingerprint density at radius 2 is 0.792 bits per heavy atom. The summed E-state index contributed by atoms with van der Waals surface area (Å²) < 4.78 is 119. The second-order valence-corrected chi connectivity index (χ2v) is 15.4. The molecule has 1 rings (SSSR count). The van der Waals surface area contributed by atoms with Gasteiger partial charge in [-0.1, -0.05) is 44.2 Å². The largest absolute Gasteiger partial charge is 2.00 e. The van der Waals surface area contributed by atoms with Crippen molar-refractivity contribution in [3.63, 3.8) is 0 Å². The van der Waals surface area contributed by atoms with Crippen LogP contribution in [0.3, 0.4) is 0 Å². The quantitative estimate of drug-likeness (QED) is 0.226. The number of rotatable bonds is 1. The maximum Gasteiger partial charge on any atom is 2.00 e. The van der Waals surface area contributed by atoms with E-state index in [4.69, 9.17) is 0 Å². The second kappa shape index (κ2) is 6.93. The van der Waals surface area contributed by atoms with Gasteiger partial charge in [0.1, 0.15) is 0 Å². The molecule has 0 saturated heterocycles. The molecule has 0 bridgehead atoms. The maximum absolute atomic E-state index is 11.2. The Labute approximate surface area is 144 Å². The van der Waals surface area contributed by atoms with E-state index in [2.05, 4.69) is 38.1 Å². The van der Waals surface area contributed by atoms with Crippen LogP contribution in [0.4, 0.5) is 33.8 Å². The Hall–Kier alpha value is 0.536. The van der Waals surface area contributed by atoms with Gasteiger partial charge in [-0.05, 0) is 11.5 Å². The smallest absolute Gasteiger partial charge is 2.00 e. The van der Waals surface area contributed by atoms with Gasteiger partial charge in [-0.2, -0.15) is 0 Å². The van der Waals surface area contributed by atoms with Gasteiger partial charge in [0.05, 0.1) is 0 Å². The van der Waals surface area contributed by atoms with Crippen LogP contribution in [0, 0.1) is 0 Å². The van der Waals surface area contributed by atoms with E-state index in [0.29, 0.717) is 5.92 Å². The molecule has 0 nitrogen and oxygen atoms in total. The van der Waals surface area contributed by atoms with E-state index in [1.807, 2.05) is 6.07 Å². The number of hydrogen-bond acceptors (Lipinski definition) is 0. The first-order chi connectivity index (χ1) is 9.20. The molecule has 0 atom stereocenters. The zero-order valence-corrected chi connectivity index (χ0v) is 18.0. The first kappa shape index (κ1) is 29.3. The summed E-state index contributed by atoms with van der Waals surface area (Å²) in [6.07, 6.45) is 0. The molecule has 0 saturated carbocycles. The van der Waals surface area contributed by atoms with Gasteiger partial charge in [-0.15, -0.1) is 0 Å². The molecule has 0 N–H and O–H groups in total. The first-order valence-corrected chi connectivity index (χ1v) is 17.0. The standard InChI is InChI=1S/C9H12.12FH.Fe.2Sb/c1-8(2)9-6-4-3-5-7-9;;;;;;;;;;;;;;;/h3-8H,1-2H3;12*1H;;;/q;;;;;;;;;;;;;+2;2*+5/p-12. The van der Waals surface area contributed by atoms with Crippen LogP contribution in [0.2, 0.25) is 0 Å². The van der Waals surface area contributed by atoms with Gasteiger partial charge in [-0.3, -0.25) is 0 Å². The molecule has 0 aliphatic carbocycles. The van der Waals surface area contributed by atoms with Gasteiger partial charge in [-0.25, -0.2) is 0 Å². The van der Waals surface area contributed by atoms with Crippen LogP contribution in [0.5, 0.6) is 0 Å². The Morgan fingerprint density at radius 3 is 0.917 bits per heavy atom. The first-order valence-electron chi connectivity index (χ1n) is 5.38. The predicted octanol–water partition coefficient (Wildman–Crippen LogP) is 7.09. The van der Waals surface area contributed by atoms with Crippen LogP contribution in [0.25, 0.3) is 0 Å². The minimum Gasteiger partial charge on any atom is 2.00 e. The summed E-state index contributed by atoms with van der Waals surface area (Å²) in [5, 5.41) is 0. The van der Waals surface area contributed by atoms with Crippen LogP contribution < -0.4 is 0 Å². The minimum atomic E-state index is -11.2. The van der Waals surface area contributed by atoms with E-state index in [1.54, 1.807) is 0 Å². The number of hydrogen-bond donors (Lipinski definition) is 0. The van der Waals surface area contributed by atoms with Crippen molar-refractivity contribution in [2.45, 2.75) is 19.8 Å². The number of halogens is 12. The summed E-state index contributed by atoms with van der Waals surface area (Å²) in [4.78, 5) is 0. The summed E-state index contributed by atoms with van der Waals surface area (Å²) in [6, 6.07) is 10.5. The third-order valence-electron chi connectivity index (χ3n) is 1.47. The van der Waals surface area contributed by atoms with Crippen LogP contribution >= 0.6 is 0 Å². The fourth-order valence-electron chi connectivity index (χ4n) is 0.838. The Bertz CT molecular complexity index is 448. The van der Waals surface area contributed by atoms with Crippen LogP contribution in [0.1, 0.15) is 25.3 Å². The van der Waals surface area contributed by atoms with Gasteiger partial charge in [0.25, 0.3) is 0 Å². The van der Waals surface area contributed by atoms with Gasteiger partial charge in [0, 0.05) is 0 Å². The molecule has 1 aromatic rings. The average molecular weight is 648 g/mol. The minimum absolute atomic E-state index is 0. The molecule has 0 amide bonds. The van der Waals surface area contributed by atoms with E-state index < -0.39 is 39.0 Å². The second-order valence-electron chi connectivity index (χ2n) is 4.48. The van der Waals surface area contributed by atoms with Crippen molar-refractivity contribution >= 4 is 39.0 Å². The van der Waals surface area contributed by atoms with Crippen LogP contribution in [0.15, 0.2) is 30.3 Å². The number of benzene rings is 1. The summed E-state index contributed by atoms with van der Waals surface area (Å²) >= 11 is -22.5. The fraction of sp³-hybridized carbons (Fsp3) is 0.333. The molecule has 0 heterocycles. The molecule has 0 radical (unpaired) electrons. The molecule has 150 valence electrons. The molecule has 0 aliphatic heterocycles. The SMILES string of the molecule is CC(C)c1ccccc1.[F][Sb-]([F])([F])([F])([F])[F].[F][Sb-]([F])([F])([F])([F])[F].[Fe+2]. The molecule has 24 heavy (non-hydrogen) atoms. The van der Waals surface area contributed by atoms with E-state index in [9.17, 15) is 33.8 Å². The topological polar surface area (TPSA) is 0 Å². The molecular weight excluding hydrogens is 635 g/mol. The third-order valence-corrected chi connectivity index (χ3v) is 1.47. The van der Waals surface area contributed by atoms with E-state index in [1.165, 1.54) is 5.56 Å².